The van der Waals surface area contributed by atoms with Gasteiger partial charge < -0.3 is 20.1 Å². The maximum atomic E-state index is 13.1. The lowest BCUT2D eigenvalue weighted by Gasteiger charge is -2.48. The number of nitrogens with zero attached hydrogens (tertiary/aromatic N) is 1. The lowest BCUT2D eigenvalue weighted by molar-refractivity contribution is -0.155. The molecule has 2 saturated heterocycles. The van der Waals surface area contributed by atoms with Crippen LogP contribution in [0.1, 0.15) is 56.1 Å². The fourth-order valence-electron chi connectivity index (χ4n) is 6.18. The number of piperidine rings is 2. The van der Waals surface area contributed by atoms with Crippen molar-refractivity contribution in [1.82, 2.24) is 10.2 Å². The van der Waals surface area contributed by atoms with Crippen molar-refractivity contribution in [2.45, 2.75) is 57.0 Å². The van der Waals surface area contributed by atoms with E-state index in [1.807, 2.05) is 31.2 Å². The van der Waals surface area contributed by atoms with E-state index in [0.29, 0.717) is 19.4 Å². The van der Waals surface area contributed by atoms with Crippen molar-refractivity contribution in [3.8, 4) is 11.1 Å². The Hall–Kier alpha value is -3.35. The van der Waals surface area contributed by atoms with Gasteiger partial charge in [0.15, 0.2) is 0 Å². The Bertz CT molecular complexity index is 1090. The third-order valence-electron chi connectivity index (χ3n) is 7.99. The van der Waals surface area contributed by atoms with Gasteiger partial charge in [0.05, 0.1) is 5.92 Å². The molecule has 3 unspecified atom stereocenters. The summed E-state index contributed by atoms with van der Waals surface area (Å²) in [6, 6.07) is 15.8. The Morgan fingerprint density at radius 2 is 1.71 bits per heavy atom. The second-order valence-electron chi connectivity index (χ2n) is 10.0. The summed E-state index contributed by atoms with van der Waals surface area (Å²) in [5, 5.41) is 12.4. The molecule has 1 saturated carbocycles. The Labute approximate surface area is 205 Å². The molecule has 3 fully saturated rings. The quantitative estimate of drug-likeness (QED) is 0.617. The topological polar surface area (TPSA) is 95.9 Å². The van der Waals surface area contributed by atoms with Crippen molar-refractivity contribution < 1.29 is 24.2 Å². The van der Waals surface area contributed by atoms with Crippen LogP contribution in [0, 0.1) is 11.8 Å². The molecule has 2 heterocycles. The summed E-state index contributed by atoms with van der Waals surface area (Å²) in [5.74, 6) is -1.16. The largest absolute Gasteiger partial charge is 0.481 e. The molecule has 6 rings (SSSR count). The van der Waals surface area contributed by atoms with Gasteiger partial charge in [0.2, 0.25) is 5.91 Å². The van der Waals surface area contributed by atoms with Gasteiger partial charge in [-0.3, -0.25) is 9.59 Å². The van der Waals surface area contributed by atoms with Crippen molar-refractivity contribution in [1.29, 1.82) is 0 Å². The number of fused-ring (bicyclic) bond motifs is 6. The second-order valence-corrected chi connectivity index (χ2v) is 10.0. The van der Waals surface area contributed by atoms with Crippen LogP contribution in [0.5, 0.6) is 0 Å². The summed E-state index contributed by atoms with van der Waals surface area (Å²) in [6.45, 7) is 2.76. The molecule has 7 nitrogen and oxygen atoms in total. The van der Waals surface area contributed by atoms with Gasteiger partial charge in [0.25, 0.3) is 0 Å². The molecule has 2 bridgehead atoms. The zero-order chi connectivity index (χ0) is 24.5. The summed E-state index contributed by atoms with van der Waals surface area (Å²) in [7, 11) is 0. The molecule has 2 amide bonds. The normalized spacial score (nSPS) is 23.3. The molecule has 2 aliphatic carbocycles. The van der Waals surface area contributed by atoms with Crippen LogP contribution >= 0.6 is 0 Å². The Morgan fingerprint density at radius 1 is 1.06 bits per heavy atom. The van der Waals surface area contributed by atoms with Crippen molar-refractivity contribution >= 4 is 18.0 Å². The molecule has 2 N–H and O–H groups in total. The van der Waals surface area contributed by atoms with E-state index in [4.69, 9.17) is 4.74 Å². The standard InChI is InChI=1S/C28H32N2O5/c1-2-18(14-26(31)30-15-17-11-12-25(30)23(13-17)27(32)33)29-28(34)35-16-24-21-9-5-3-7-19(21)20-8-4-6-10-22(20)24/h3-10,17-18,23-25H,2,11-16H2,1H3,(H,29,34)(H,32,33)/t17?,18-,23?,25?/m1/s1. The molecular formula is C28H32N2O5. The molecule has 184 valence electrons. The highest BCUT2D eigenvalue weighted by atomic mass is 16.5. The van der Waals surface area contributed by atoms with Gasteiger partial charge in [-0.15, -0.1) is 0 Å². The molecule has 4 aliphatic rings. The highest BCUT2D eigenvalue weighted by Crippen LogP contribution is 2.44. The lowest BCUT2D eigenvalue weighted by Crippen LogP contribution is -2.57. The number of nitrogens with one attached hydrogen (secondary N) is 1. The average molecular weight is 477 g/mol. The zero-order valence-electron chi connectivity index (χ0n) is 20.0. The average Bonchev–Trinajstić information content (AvgIpc) is 3.20. The summed E-state index contributed by atoms with van der Waals surface area (Å²) >= 11 is 0. The molecule has 7 heteroatoms. The van der Waals surface area contributed by atoms with Crippen LogP contribution in [0.4, 0.5) is 4.79 Å². The first kappa shape index (κ1) is 23.4. The van der Waals surface area contributed by atoms with E-state index in [2.05, 4.69) is 29.6 Å². The monoisotopic (exact) mass is 476 g/mol. The highest BCUT2D eigenvalue weighted by Gasteiger charge is 2.46. The molecule has 0 spiro atoms. The number of aliphatic carboxylic acids is 1. The maximum Gasteiger partial charge on any atom is 0.407 e. The fourth-order valence-corrected chi connectivity index (χ4v) is 6.18. The van der Waals surface area contributed by atoms with Crippen LogP contribution in [0.15, 0.2) is 48.5 Å². The summed E-state index contributed by atoms with van der Waals surface area (Å²) in [4.78, 5) is 39.2. The Morgan fingerprint density at radius 3 is 2.31 bits per heavy atom. The van der Waals surface area contributed by atoms with E-state index in [1.165, 1.54) is 11.1 Å². The maximum absolute atomic E-state index is 13.1. The van der Waals surface area contributed by atoms with Crippen molar-refractivity contribution in [2.75, 3.05) is 13.2 Å². The predicted octanol–water partition coefficient (Wildman–Crippen LogP) is 4.41. The lowest BCUT2D eigenvalue weighted by atomic mass is 9.72. The van der Waals surface area contributed by atoms with E-state index in [9.17, 15) is 19.5 Å². The van der Waals surface area contributed by atoms with Crippen LogP contribution < -0.4 is 5.32 Å². The summed E-state index contributed by atoms with van der Waals surface area (Å²) < 4.78 is 5.64. The smallest absolute Gasteiger partial charge is 0.407 e. The highest BCUT2D eigenvalue weighted by molar-refractivity contribution is 5.81. The molecule has 2 aliphatic heterocycles. The molecule has 2 aromatic rings. The minimum atomic E-state index is -0.819. The number of rotatable bonds is 7. The van der Waals surface area contributed by atoms with Crippen LogP contribution in [-0.2, 0) is 14.3 Å². The van der Waals surface area contributed by atoms with Gasteiger partial charge in [-0.1, -0.05) is 55.5 Å². The molecule has 0 aromatic heterocycles. The van der Waals surface area contributed by atoms with Gasteiger partial charge >= 0.3 is 12.1 Å². The van der Waals surface area contributed by atoms with E-state index in [-0.39, 0.29) is 42.9 Å². The molecule has 35 heavy (non-hydrogen) atoms. The second kappa shape index (κ2) is 9.72. The number of hydrogen-bond donors (Lipinski definition) is 2. The molecule has 4 atom stereocenters. The Kier molecular flexibility index (Phi) is 6.50. The third kappa shape index (κ3) is 4.51. The van der Waals surface area contributed by atoms with E-state index >= 15 is 0 Å². The van der Waals surface area contributed by atoms with Gasteiger partial charge in [-0.25, -0.2) is 4.79 Å². The SMILES string of the molecule is CC[C@H](CC(=O)N1CC2CCC1C(C(=O)O)C2)NC(=O)OCC1c2ccccc2-c2ccccc21. The molecular weight excluding hydrogens is 444 g/mol. The minimum Gasteiger partial charge on any atom is -0.481 e. The van der Waals surface area contributed by atoms with Crippen molar-refractivity contribution in [2.24, 2.45) is 11.8 Å². The molecule has 2 aromatic carbocycles. The zero-order valence-corrected chi connectivity index (χ0v) is 20.0. The number of carbonyl (C=O) groups excluding carboxylic acids is 2. The minimum absolute atomic E-state index is 0.0216. The van der Waals surface area contributed by atoms with Gasteiger partial charge in [-0.05, 0) is 53.9 Å². The van der Waals surface area contributed by atoms with Crippen LogP contribution in [0.2, 0.25) is 0 Å². The number of ether oxygens (including phenoxy) is 1. The number of benzene rings is 2. The number of hydrogen-bond acceptors (Lipinski definition) is 4. The van der Waals surface area contributed by atoms with E-state index in [1.54, 1.807) is 4.90 Å². The Balaban J connectivity index is 1.19. The van der Waals surface area contributed by atoms with E-state index < -0.39 is 18.0 Å². The first-order valence-corrected chi connectivity index (χ1v) is 12.6. The first-order valence-electron chi connectivity index (χ1n) is 12.6. The number of carbonyl (C=O) groups is 3. The number of carboxylic acids is 1. The summed E-state index contributed by atoms with van der Waals surface area (Å²) in [5.41, 5.74) is 4.64. The fraction of sp³-hybridized carbons (Fsp3) is 0.464. The van der Waals surface area contributed by atoms with Crippen molar-refractivity contribution in [3.05, 3.63) is 59.7 Å². The number of alkyl carbamates (subject to hydrolysis) is 1. The summed E-state index contributed by atoms with van der Waals surface area (Å²) in [6.07, 6.45) is 2.57. The first-order chi connectivity index (χ1) is 17.0. The number of amides is 2. The van der Waals surface area contributed by atoms with Crippen LogP contribution in [0.3, 0.4) is 0 Å². The van der Waals surface area contributed by atoms with Gasteiger partial charge in [0, 0.05) is 31.0 Å². The van der Waals surface area contributed by atoms with Gasteiger partial charge in [-0.2, -0.15) is 0 Å². The van der Waals surface area contributed by atoms with Crippen LogP contribution in [0.25, 0.3) is 11.1 Å². The third-order valence-corrected chi connectivity index (χ3v) is 7.99. The van der Waals surface area contributed by atoms with E-state index in [0.717, 1.165) is 24.0 Å². The predicted molar refractivity (Wildman–Crippen MR) is 131 cm³/mol. The van der Waals surface area contributed by atoms with Gasteiger partial charge in [0.1, 0.15) is 6.61 Å². The van der Waals surface area contributed by atoms with Crippen molar-refractivity contribution in [3.63, 3.8) is 0 Å². The number of carboxylic acid groups (broad SMARTS) is 1. The molecule has 0 radical (unpaired) electrons. The van der Waals surface area contributed by atoms with Crippen LogP contribution in [-0.4, -0.2) is 53.2 Å².